The monoisotopic (exact) mass is 324 g/mol. The molecule has 0 fully saturated rings. The Bertz CT molecular complexity index is 669. The maximum atomic E-state index is 10.6. The van der Waals surface area contributed by atoms with Crippen LogP contribution in [0.5, 0.6) is 11.5 Å². The van der Waals surface area contributed by atoms with E-state index in [0.717, 1.165) is 11.1 Å². The van der Waals surface area contributed by atoms with Crippen LogP contribution in [0.4, 0.5) is 0 Å². The highest BCUT2D eigenvalue weighted by atomic mass is 35.5. The van der Waals surface area contributed by atoms with Gasteiger partial charge >= 0.3 is 5.97 Å². The van der Waals surface area contributed by atoms with E-state index in [0.29, 0.717) is 28.0 Å². The molecule has 0 heterocycles. The summed E-state index contributed by atoms with van der Waals surface area (Å²) in [7, 11) is 0. The predicted molar refractivity (Wildman–Crippen MR) is 83.7 cm³/mol. The SMILES string of the molecule is Cc1cc(CCC(=O)O)ccc1Oc1ccc(Cl)cc1Cl. The van der Waals surface area contributed by atoms with Crippen LogP contribution in [0.1, 0.15) is 17.5 Å². The van der Waals surface area contributed by atoms with Crippen LogP contribution in [-0.4, -0.2) is 11.1 Å². The van der Waals surface area contributed by atoms with E-state index < -0.39 is 5.97 Å². The summed E-state index contributed by atoms with van der Waals surface area (Å²) in [5.41, 5.74) is 1.88. The Balaban J connectivity index is 2.15. The molecule has 2 rings (SSSR count). The van der Waals surface area contributed by atoms with Gasteiger partial charge in [0, 0.05) is 11.4 Å². The summed E-state index contributed by atoms with van der Waals surface area (Å²) in [5.74, 6) is 0.404. The Labute approximate surface area is 133 Å². The second-order valence-corrected chi connectivity index (χ2v) is 5.51. The van der Waals surface area contributed by atoms with Gasteiger partial charge in [0.15, 0.2) is 0 Å². The Hall–Kier alpha value is -1.71. The zero-order valence-corrected chi connectivity index (χ0v) is 12.9. The maximum absolute atomic E-state index is 10.6. The molecule has 1 N–H and O–H groups in total. The zero-order chi connectivity index (χ0) is 15.4. The standard InChI is InChI=1S/C16H14Cl2O3/c1-10-8-11(3-7-16(19)20)2-5-14(10)21-15-6-4-12(17)9-13(15)18/h2,4-6,8-9H,3,7H2,1H3,(H,19,20). The molecule has 2 aromatic carbocycles. The van der Waals surface area contributed by atoms with Crippen LogP contribution < -0.4 is 4.74 Å². The molecule has 2 aromatic rings. The third-order valence-corrected chi connectivity index (χ3v) is 3.51. The van der Waals surface area contributed by atoms with E-state index in [1.165, 1.54) is 0 Å². The maximum Gasteiger partial charge on any atom is 0.303 e. The summed E-state index contributed by atoms with van der Waals surface area (Å²) in [6, 6.07) is 10.6. The molecular weight excluding hydrogens is 311 g/mol. The number of aryl methyl sites for hydroxylation is 2. The predicted octanol–water partition coefficient (Wildman–Crippen LogP) is 5.11. The van der Waals surface area contributed by atoms with Crippen molar-refractivity contribution in [1.29, 1.82) is 0 Å². The van der Waals surface area contributed by atoms with Gasteiger partial charge in [-0.05, 0) is 48.7 Å². The summed E-state index contributed by atoms with van der Waals surface area (Å²) >= 11 is 11.9. The van der Waals surface area contributed by atoms with Crippen molar-refractivity contribution < 1.29 is 14.6 Å². The summed E-state index contributed by atoms with van der Waals surface area (Å²) < 4.78 is 5.77. The second kappa shape index (κ2) is 6.83. The number of halogens is 2. The number of carboxylic acid groups (broad SMARTS) is 1. The van der Waals surface area contributed by atoms with Gasteiger partial charge in [-0.2, -0.15) is 0 Å². The number of aliphatic carboxylic acids is 1. The molecule has 0 spiro atoms. The normalized spacial score (nSPS) is 10.4. The van der Waals surface area contributed by atoms with E-state index in [1.54, 1.807) is 18.2 Å². The van der Waals surface area contributed by atoms with Crippen molar-refractivity contribution in [3.05, 3.63) is 57.6 Å². The molecule has 0 aliphatic heterocycles. The summed E-state index contributed by atoms with van der Waals surface area (Å²) in [6.45, 7) is 1.91. The lowest BCUT2D eigenvalue weighted by molar-refractivity contribution is -0.136. The van der Waals surface area contributed by atoms with Gasteiger partial charge in [0.25, 0.3) is 0 Å². The van der Waals surface area contributed by atoms with E-state index in [1.807, 2.05) is 25.1 Å². The number of benzene rings is 2. The minimum absolute atomic E-state index is 0.114. The smallest absolute Gasteiger partial charge is 0.303 e. The molecular formula is C16H14Cl2O3. The van der Waals surface area contributed by atoms with Crippen LogP contribution in [-0.2, 0) is 11.2 Å². The molecule has 0 atom stereocenters. The van der Waals surface area contributed by atoms with Crippen LogP contribution in [0.15, 0.2) is 36.4 Å². The fourth-order valence-electron chi connectivity index (χ4n) is 1.91. The van der Waals surface area contributed by atoms with Gasteiger partial charge in [0.1, 0.15) is 11.5 Å². The first kappa shape index (κ1) is 15.7. The van der Waals surface area contributed by atoms with Gasteiger partial charge in [0.05, 0.1) is 5.02 Å². The van der Waals surface area contributed by atoms with Gasteiger partial charge in [-0.1, -0.05) is 35.3 Å². The van der Waals surface area contributed by atoms with Gasteiger partial charge in [-0.15, -0.1) is 0 Å². The number of hydrogen-bond donors (Lipinski definition) is 1. The molecule has 0 bridgehead atoms. The molecule has 3 nitrogen and oxygen atoms in total. The Kier molecular flexibility index (Phi) is 5.10. The lowest BCUT2D eigenvalue weighted by atomic mass is 10.1. The van der Waals surface area contributed by atoms with Gasteiger partial charge < -0.3 is 9.84 Å². The minimum Gasteiger partial charge on any atom is -0.481 e. The quantitative estimate of drug-likeness (QED) is 0.831. The fraction of sp³-hybridized carbons (Fsp3) is 0.188. The molecule has 0 amide bonds. The third-order valence-electron chi connectivity index (χ3n) is 2.98. The average Bonchev–Trinajstić information content (AvgIpc) is 2.42. The first-order valence-corrected chi connectivity index (χ1v) is 7.15. The lowest BCUT2D eigenvalue weighted by Gasteiger charge is -2.11. The third kappa shape index (κ3) is 4.38. The van der Waals surface area contributed by atoms with Crippen molar-refractivity contribution in [2.45, 2.75) is 19.8 Å². The molecule has 0 aliphatic rings. The highest BCUT2D eigenvalue weighted by molar-refractivity contribution is 6.35. The van der Waals surface area contributed by atoms with Crippen LogP contribution in [0.3, 0.4) is 0 Å². The number of hydrogen-bond acceptors (Lipinski definition) is 2. The van der Waals surface area contributed by atoms with Crippen molar-refractivity contribution in [2.24, 2.45) is 0 Å². The van der Waals surface area contributed by atoms with Crippen molar-refractivity contribution in [2.75, 3.05) is 0 Å². The molecule has 21 heavy (non-hydrogen) atoms. The molecule has 0 aliphatic carbocycles. The van der Waals surface area contributed by atoms with E-state index in [-0.39, 0.29) is 6.42 Å². The van der Waals surface area contributed by atoms with Crippen molar-refractivity contribution in [3.8, 4) is 11.5 Å². The topological polar surface area (TPSA) is 46.5 Å². The molecule has 0 saturated carbocycles. The van der Waals surface area contributed by atoms with E-state index >= 15 is 0 Å². The number of carboxylic acids is 1. The molecule has 5 heteroatoms. The second-order valence-electron chi connectivity index (χ2n) is 4.67. The highest BCUT2D eigenvalue weighted by Gasteiger charge is 2.07. The highest BCUT2D eigenvalue weighted by Crippen LogP contribution is 2.33. The Morgan fingerprint density at radius 2 is 1.86 bits per heavy atom. The number of carbonyl (C=O) groups is 1. The van der Waals surface area contributed by atoms with Crippen LogP contribution in [0.2, 0.25) is 10.0 Å². The van der Waals surface area contributed by atoms with Gasteiger partial charge in [-0.3, -0.25) is 4.79 Å². The van der Waals surface area contributed by atoms with E-state index in [2.05, 4.69) is 0 Å². The van der Waals surface area contributed by atoms with E-state index in [9.17, 15) is 4.79 Å². The van der Waals surface area contributed by atoms with Crippen LogP contribution >= 0.6 is 23.2 Å². The average molecular weight is 325 g/mol. The first-order valence-electron chi connectivity index (χ1n) is 6.40. The van der Waals surface area contributed by atoms with Crippen LogP contribution in [0.25, 0.3) is 0 Å². The number of ether oxygens (including phenoxy) is 1. The zero-order valence-electron chi connectivity index (χ0n) is 11.4. The molecule has 0 radical (unpaired) electrons. The summed E-state index contributed by atoms with van der Waals surface area (Å²) in [4.78, 5) is 10.6. The lowest BCUT2D eigenvalue weighted by Crippen LogP contribution is -1.98. The Morgan fingerprint density at radius 3 is 2.48 bits per heavy atom. The van der Waals surface area contributed by atoms with Crippen LogP contribution in [0, 0.1) is 6.92 Å². The molecule has 0 aromatic heterocycles. The molecule has 0 saturated heterocycles. The van der Waals surface area contributed by atoms with E-state index in [4.69, 9.17) is 33.0 Å². The summed E-state index contributed by atoms with van der Waals surface area (Å²) in [6.07, 6.45) is 0.612. The van der Waals surface area contributed by atoms with Crippen molar-refractivity contribution in [3.63, 3.8) is 0 Å². The molecule has 110 valence electrons. The summed E-state index contributed by atoms with van der Waals surface area (Å²) in [5, 5.41) is 9.69. The largest absolute Gasteiger partial charge is 0.481 e. The fourth-order valence-corrected chi connectivity index (χ4v) is 2.36. The Morgan fingerprint density at radius 1 is 1.14 bits per heavy atom. The van der Waals surface area contributed by atoms with Crippen molar-refractivity contribution in [1.82, 2.24) is 0 Å². The minimum atomic E-state index is -0.805. The first-order chi connectivity index (χ1) is 9.95. The molecule has 0 unspecified atom stereocenters. The van der Waals surface area contributed by atoms with Gasteiger partial charge in [0.2, 0.25) is 0 Å². The van der Waals surface area contributed by atoms with Crippen molar-refractivity contribution >= 4 is 29.2 Å². The van der Waals surface area contributed by atoms with Gasteiger partial charge in [-0.25, -0.2) is 0 Å². The number of rotatable bonds is 5.